The molecule has 4 nitrogen and oxygen atoms in total. The zero-order valence-corrected chi connectivity index (χ0v) is 12.8. The highest BCUT2D eigenvalue weighted by atomic mass is 32.1. The maximum absolute atomic E-state index is 13.1. The maximum Gasteiger partial charge on any atom is 0.159 e. The molecule has 21 heavy (non-hydrogen) atoms. The van der Waals surface area contributed by atoms with Crippen LogP contribution in [0.4, 0.5) is 10.2 Å². The van der Waals surface area contributed by atoms with Crippen molar-refractivity contribution < 1.29 is 4.39 Å². The fraction of sp³-hybridized carbons (Fsp3) is 0.267. The van der Waals surface area contributed by atoms with Crippen molar-refractivity contribution in [3.05, 3.63) is 52.5 Å². The van der Waals surface area contributed by atoms with E-state index in [-0.39, 0.29) is 5.82 Å². The number of aryl methyl sites for hydroxylation is 1. The van der Waals surface area contributed by atoms with Crippen LogP contribution in [0.25, 0.3) is 0 Å². The molecule has 2 rings (SSSR count). The second-order valence-corrected chi connectivity index (χ2v) is 5.24. The fourth-order valence-electron chi connectivity index (χ4n) is 2.05. The molecule has 6 heteroatoms. The van der Waals surface area contributed by atoms with Gasteiger partial charge < -0.3 is 11.1 Å². The summed E-state index contributed by atoms with van der Waals surface area (Å²) in [6.07, 6.45) is 0.670. The van der Waals surface area contributed by atoms with Gasteiger partial charge in [-0.1, -0.05) is 24.4 Å². The van der Waals surface area contributed by atoms with E-state index in [4.69, 9.17) is 18.0 Å². The Hall–Kier alpha value is -2.08. The molecule has 0 radical (unpaired) electrons. The normalized spacial score (nSPS) is 10.4. The molecule has 1 aromatic heterocycles. The SMILES string of the molecule is Cc1nnc(NCCc2cccc(F)c2)c(C(N)=S)c1C. The van der Waals surface area contributed by atoms with E-state index in [1.807, 2.05) is 19.9 Å². The first-order valence-corrected chi connectivity index (χ1v) is 7.02. The first-order chi connectivity index (χ1) is 9.99. The molecule has 110 valence electrons. The third kappa shape index (κ3) is 3.72. The summed E-state index contributed by atoms with van der Waals surface area (Å²) in [7, 11) is 0. The number of nitrogens with zero attached hydrogens (tertiary/aromatic N) is 2. The molecule has 0 aliphatic rings. The quantitative estimate of drug-likeness (QED) is 0.831. The third-order valence-corrected chi connectivity index (χ3v) is 3.50. The molecule has 0 amide bonds. The maximum atomic E-state index is 13.1. The molecule has 1 aromatic carbocycles. The Labute approximate surface area is 128 Å². The van der Waals surface area contributed by atoms with Crippen molar-refractivity contribution in [1.29, 1.82) is 0 Å². The second-order valence-electron chi connectivity index (χ2n) is 4.80. The van der Waals surface area contributed by atoms with Gasteiger partial charge in [0, 0.05) is 6.54 Å². The summed E-state index contributed by atoms with van der Waals surface area (Å²) < 4.78 is 13.1. The highest BCUT2D eigenvalue weighted by molar-refractivity contribution is 7.80. The molecule has 1 heterocycles. The molecule has 0 fully saturated rings. The topological polar surface area (TPSA) is 63.8 Å². The van der Waals surface area contributed by atoms with Crippen LogP contribution in [0.3, 0.4) is 0 Å². The van der Waals surface area contributed by atoms with Gasteiger partial charge in [0.2, 0.25) is 0 Å². The second kappa shape index (κ2) is 6.58. The van der Waals surface area contributed by atoms with Crippen LogP contribution in [0.15, 0.2) is 24.3 Å². The van der Waals surface area contributed by atoms with E-state index >= 15 is 0 Å². The van der Waals surface area contributed by atoms with E-state index in [0.29, 0.717) is 23.8 Å². The lowest BCUT2D eigenvalue weighted by molar-refractivity contribution is 0.625. The van der Waals surface area contributed by atoms with Crippen LogP contribution in [0, 0.1) is 19.7 Å². The summed E-state index contributed by atoms with van der Waals surface area (Å²) in [5.41, 5.74) is 9.11. The number of nitrogens with one attached hydrogen (secondary N) is 1. The Morgan fingerprint density at radius 1 is 1.33 bits per heavy atom. The Balaban J connectivity index is 2.10. The number of benzene rings is 1. The summed E-state index contributed by atoms with van der Waals surface area (Å²) >= 11 is 5.08. The van der Waals surface area contributed by atoms with Crippen molar-refractivity contribution in [2.45, 2.75) is 20.3 Å². The lowest BCUT2D eigenvalue weighted by Gasteiger charge is -2.13. The largest absolute Gasteiger partial charge is 0.389 e. The molecule has 3 N–H and O–H groups in total. The number of hydrogen-bond acceptors (Lipinski definition) is 4. The van der Waals surface area contributed by atoms with Gasteiger partial charge in [-0.2, -0.15) is 5.10 Å². The molecule has 0 bridgehead atoms. The highest BCUT2D eigenvalue weighted by Gasteiger charge is 2.13. The van der Waals surface area contributed by atoms with E-state index in [2.05, 4.69) is 15.5 Å². The Morgan fingerprint density at radius 2 is 2.10 bits per heavy atom. The molecule has 0 saturated carbocycles. The van der Waals surface area contributed by atoms with Gasteiger partial charge in [-0.05, 0) is 43.5 Å². The minimum Gasteiger partial charge on any atom is -0.389 e. The van der Waals surface area contributed by atoms with Gasteiger partial charge in [-0.15, -0.1) is 5.10 Å². The van der Waals surface area contributed by atoms with Crippen LogP contribution in [-0.4, -0.2) is 21.7 Å². The first-order valence-electron chi connectivity index (χ1n) is 6.61. The number of thiocarbonyl (C=S) groups is 1. The Kier molecular flexibility index (Phi) is 4.80. The monoisotopic (exact) mass is 304 g/mol. The van der Waals surface area contributed by atoms with Gasteiger partial charge in [-0.25, -0.2) is 4.39 Å². The van der Waals surface area contributed by atoms with Crippen molar-refractivity contribution in [3.63, 3.8) is 0 Å². The molecule has 0 unspecified atom stereocenters. The standard InChI is InChI=1S/C15H17FN4S/c1-9-10(2)19-20-15(13(9)14(17)21)18-7-6-11-4-3-5-12(16)8-11/h3-5,8H,6-7H2,1-2H3,(H2,17,21)(H,18,20). The van der Waals surface area contributed by atoms with Gasteiger partial charge in [0.1, 0.15) is 10.8 Å². The zero-order valence-electron chi connectivity index (χ0n) is 12.0. The van der Waals surface area contributed by atoms with Crippen molar-refractivity contribution in [2.24, 2.45) is 5.73 Å². The van der Waals surface area contributed by atoms with Crippen molar-refractivity contribution >= 4 is 23.0 Å². The van der Waals surface area contributed by atoms with Crippen LogP contribution >= 0.6 is 12.2 Å². The number of anilines is 1. The lowest BCUT2D eigenvalue weighted by Crippen LogP contribution is -2.19. The zero-order chi connectivity index (χ0) is 15.4. The average Bonchev–Trinajstić information content (AvgIpc) is 2.42. The van der Waals surface area contributed by atoms with Crippen LogP contribution in [0.1, 0.15) is 22.4 Å². The average molecular weight is 304 g/mol. The van der Waals surface area contributed by atoms with Crippen LogP contribution in [-0.2, 0) is 6.42 Å². The number of aromatic nitrogens is 2. The molecule has 0 aliphatic heterocycles. The van der Waals surface area contributed by atoms with Crippen LogP contribution < -0.4 is 11.1 Å². The minimum atomic E-state index is -0.234. The summed E-state index contributed by atoms with van der Waals surface area (Å²) in [4.78, 5) is 0.291. The Bertz CT molecular complexity index is 673. The third-order valence-electron chi connectivity index (χ3n) is 3.30. The van der Waals surface area contributed by atoms with Crippen molar-refractivity contribution in [1.82, 2.24) is 10.2 Å². The van der Waals surface area contributed by atoms with E-state index in [9.17, 15) is 4.39 Å². The predicted molar refractivity (Wildman–Crippen MR) is 86.0 cm³/mol. The number of hydrogen-bond donors (Lipinski definition) is 2. The molecular formula is C15H17FN4S. The van der Waals surface area contributed by atoms with Gasteiger partial charge in [0.15, 0.2) is 5.82 Å². The molecule has 0 aliphatic carbocycles. The van der Waals surface area contributed by atoms with Crippen molar-refractivity contribution in [2.75, 3.05) is 11.9 Å². The molecular weight excluding hydrogens is 287 g/mol. The van der Waals surface area contributed by atoms with Gasteiger partial charge in [0.25, 0.3) is 0 Å². The number of nitrogens with two attached hydrogens (primary N) is 1. The fourth-order valence-corrected chi connectivity index (χ4v) is 2.30. The molecule has 0 spiro atoms. The first kappa shape index (κ1) is 15.3. The molecule has 0 atom stereocenters. The molecule has 0 saturated heterocycles. The van der Waals surface area contributed by atoms with Gasteiger partial charge >= 0.3 is 0 Å². The molecule has 2 aromatic rings. The van der Waals surface area contributed by atoms with Crippen LogP contribution in [0.5, 0.6) is 0 Å². The predicted octanol–water partition coefficient (Wildman–Crippen LogP) is 2.52. The van der Waals surface area contributed by atoms with Gasteiger partial charge in [0.05, 0.1) is 11.3 Å². The Morgan fingerprint density at radius 3 is 2.76 bits per heavy atom. The van der Waals surface area contributed by atoms with Crippen LogP contribution in [0.2, 0.25) is 0 Å². The van der Waals surface area contributed by atoms with E-state index in [1.54, 1.807) is 6.07 Å². The highest BCUT2D eigenvalue weighted by Crippen LogP contribution is 2.18. The summed E-state index contributed by atoms with van der Waals surface area (Å²) in [5.74, 6) is 0.337. The number of rotatable bonds is 5. The van der Waals surface area contributed by atoms with E-state index in [1.165, 1.54) is 12.1 Å². The van der Waals surface area contributed by atoms with E-state index in [0.717, 1.165) is 22.4 Å². The lowest BCUT2D eigenvalue weighted by atomic mass is 10.1. The smallest absolute Gasteiger partial charge is 0.159 e. The van der Waals surface area contributed by atoms with E-state index < -0.39 is 0 Å². The minimum absolute atomic E-state index is 0.234. The summed E-state index contributed by atoms with van der Waals surface area (Å²) in [6, 6.07) is 6.52. The van der Waals surface area contributed by atoms with Crippen molar-refractivity contribution in [3.8, 4) is 0 Å². The van der Waals surface area contributed by atoms with Gasteiger partial charge in [-0.3, -0.25) is 0 Å². The summed E-state index contributed by atoms with van der Waals surface area (Å²) in [5, 5.41) is 11.3. The summed E-state index contributed by atoms with van der Waals surface area (Å²) in [6.45, 7) is 4.37. The number of halogens is 1.